The molecular formula is C26H22N4. The second kappa shape index (κ2) is 6.63. The molecule has 0 radical (unpaired) electrons. The third-order valence-corrected chi connectivity index (χ3v) is 6.10. The second-order valence-corrected chi connectivity index (χ2v) is 7.81. The topological polar surface area (TPSA) is 48.9 Å². The fourth-order valence-corrected chi connectivity index (χ4v) is 4.63. The number of fused-ring (bicyclic) bond motifs is 5. The number of pyridine rings is 1. The Hall–Kier alpha value is -3.79. The molecule has 3 aromatic heterocycles. The van der Waals surface area contributed by atoms with Gasteiger partial charge in [0.15, 0.2) is 0 Å². The largest absolute Gasteiger partial charge is 0.361 e. The van der Waals surface area contributed by atoms with E-state index in [-0.39, 0.29) is 0 Å². The number of hydrogen-bond donors (Lipinski definition) is 2. The van der Waals surface area contributed by atoms with E-state index < -0.39 is 0 Å². The van der Waals surface area contributed by atoms with Gasteiger partial charge < -0.3 is 14.5 Å². The minimum absolute atomic E-state index is 0.744. The van der Waals surface area contributed by atoms with Gasteiger partial charge in [-0.05, 0) is 30.2 Å². The average molecular weight is 390 g/mol. The predicted octanol–water partition coefficient (Wildman–Crippen LogP) is 5.44. The van der Waals surface area contributed by atoms with E-state index in [1.165, 1.54) is 38.1 Å². The van der Waals surface area contributed by atoms with Crippen molar-refractivity contribution >= 4 is 43.7 Å². The molecule has 30 heavy (non-hydrogen) atoms. The number of rotatable bonds is 3. The lowest BCUT2D eigenvalue weighted by molar-refractivity contribution is 0.942. The van der Waals surface area contributed by atoms with Crippen LogP contribution in [0.4, 0.5) is 0 Å². The Morgan fingerprint density at radius 1 is 0.800 bits per heavy atom. The van der Waals surface area contributed by atoms with Gasteiger partial charge in [-0.25, -0.2) is 0 Å². The van der Waals surface area contributed by atoms with Crippen molar-refractivity contribution in [2.75, 3.05) is 6.54 Å². The Kier molecular flexibility index (Phi) is 3.78. The van der Waals surface area contributed by atoms with Crippen LogP contribution in [0, 0.1) is 0 Å². The molecule has 6 aromatic rings. The van der Waals surface area contributed by atoms with Crippen LogP contribution in [0.15, 0.2) is 84.0 Å². The summed E-state index contributed by atoms with van der Waals surface area (Å²) in [5, 5.41) is 5.98. The Labute approximate surface area is 173 Å². The van der Waals surface area contributed by atoms with Crippen molar-refractivity contribution < 1.29 is 0 Å². The van der Waals surface area contributed by atoms with Crippen LogP contribution < -0.4 is 5.36 Å². The van der Waals surface area contributed by atoms with Gasteiger partial charge in [0, 0.05) is 47.0 Å². The molecule has 4 heteroatoms. The van der Waals surface area contributed by atoms with Gasteiger partial charge in [0.05, 0.1) is 16.3 Å². The van der Waals surface area contributed by atoms with Gasteiger partial charge >= 0.3 is 0 Å². The van der Waals surface area contributed by atoms with Gasteiger partial charge in [-0.3, -0.25) is 4.99 Å². The maximum Gasteiger partial charge on any atom is 0.120 e. The molecule has 3 aromatic carbocycles. The van der Waals surface area contributed by atoms with Crippen molar-refractivity contribution in [1.82, 2.24) is 14.5 Å². The summed E-state index contributed by atoms with van der Waals surface area (Å²) >= 11 is 0. The van der Waals surface area contributed by atoms with Gasteiger partial charge in [-0.2, -0.15) is 0 Å². The molecule has 0 amide bonds. The Morgan fingerprint density at radius 3 is 2.37 bits per heavy atom. The lowest BCUT2D eigenvalue weighted by atomic mass is 10.1. The highest BCUT2D eigenvalue weighted by molar-refractivity contribution is 6.09. The molecular weight excluding hydrogens is 368 g/mol. The Morgan fingerprint density at radius 2 is 1.50 bits per heavy atom. The summed E-state index contributed by atoms with van der Waals surface area (Å²) in [6.07, 6.45) is 3.02. The summed E-state index contributed by atoms with van der Waals surface area (Å²) in [6.45, 7) is 0.744. The van der Waals surface area contributed by atoms with Crippen LogP contribution >= 0.6 is 0 Å². The molecule has 6 rings (SSSR count). The second-order valence-electron chi connectivity index (χ2n) is 7.81. The van der Waals surface area contributed by atoms with E-state index in [9.17, 15) is 0 Å². The van der Waals surface area contributed by atoms with Crippen molar-refractivity contribution in [3.05, 3.63) is 89.9 Å². The van der Waals surface area contributed by atoms with Crippen LogP contribution in [0.25, 0.3) is 43.7 Å². The average Bonchev–Trinajstić information content (AvgIpc) is 3.38. The number of hydrogen-bond acceptors (Lipinski definition) is 1. The monoisotopic (exact) mass is 390 g/mol. The van der Waals surface area contributed by atoms with E-state index >= 15 is 0 Å². The predicted molar refractivity (Wildman–Crippen MR) is 125 cm³/mol. The van der Waals surface area contributed by atoms with Gasteiger partial charge in [0.1, 0.15) is 5.65 Å². The quantitative estimate of drug-likeness (QED) is 0.404. The Balaban J connectivity index is 1.57. The zero-order valence-corrected chi connectivity index (χ0v) is 16.8. The van der Waals surface area contributed by atoms with Crippen molar-refractivity contribution in [3.63, 3.8) is 0 Å². The maximum absolute atomic E-state index is 5.16. The molecule has 3 heterocycles. The standard InChI is InChI=1S/C26H22N4/c1-30-23-13-7-4-10-20(23)25(24-19-9-3-6-12-22(19)29-26(24)30)27-15-14-17-16-28-21-11-5-2-8-18(17)21/h2-13,16,28-29H,14-15H2,1H3. The molecule has 0 aliphatic rings. The lowest BCUT2D eigenvalue weighted by Gasteiger charge is -2.09. The van der Waals surface area contributed by atoms with Gasteiger partial charge in [0.2, 0.25) is 0 Å². The number of aromatic nitrogens is 3. The third kappa shape index (κ3) is 2.50. The number of nitrogens with one attached hydrogen (secondary N) is 2. The van der Waals surface area contributed by atoms with Crippen molar-refractivity contribution in [2.45, 2.75) is 6.42 Å². The molecule has 0 spiro atoms. The van der Waals surface area contributed by atoms with E-state index in [4.69, 9.17) is 4.99 Å². The van der Waals surface area contributed by atoms with Crippen molar-refractivity contribution in [3.8, 4) is 0 Å². The number of aryl methyl sites for hydroxylation is 1. The van der Waals surface area contributed by atoms with Crippen molar-refractivity contribution in [1.29, 1.82) is 0 Å². The molecule has 0 aliphatic carbocycles. The molecule has 0 fully saturated rings. The third-order valence-electron chi connectivity index (χ3n) is 6.10. The molecule has 146 valence electrons. The fourth-order valence-electron chi connectivity index (χ4n) is 4.63. The number of nitrogens with zero attached hydrogens (tertiary/aromatic N) is 2. The minimum atomic E-state index is 0.744. The summed E-state index contributed by atoms with van der Waals surface area (Å²) in [5.74, 6) is 0. The first-order chi connectivity index (χ1) is 14.8. The summed E-state index contributed by atoms with van der Waals surface area (Å²) in [4.78, 5) is 12.1. The summed E-state index contributed by atoms with van der Waals surface area (Å²) < 4.78 is 2.24. The molecule has 0 unspecified atom stereocenters. The van der Waals surface area contributed by atoms with E-state index in [0.29, 0.717) is 0 Å². The zero-order valence-electron chi connectivity index (χ0n) is 16.8. The number of aromatic amines is 2. The number of benzene rings is 3. The highest BCUT2D eigenvalue weighted by atomic mass is 15.0. The molecule has 0 saturated heterocycles. The molecule has 0 bridgehead atoms. The summed E-state index contributed by atoms with van der Waals surface area (Å²) in [6, 6.07) is 25.5. The first kappa shape index (κ1) is 17.1. The van der Waals surface area contributed by atoms with Crippen LogP contribution in [-0.2, 0) is 13.5 Å². The van der Waals surface area contributed by atoms with Gasteiger partial charge in [-0.1, -0.05) is 54.6 Å². The molecule has 0 saturated carbocycles. The highest BCUT2D eigenvalue weighted by Crippen LogP contribution is 2.25. The molecule has 4 nitrogen and oxygen atoms in total. The molecule has 0 atom stereocenters. The fraction of sp³-hybridized carbons (Fsp3) is 0.115. The van der Waals surface area contributed by atoms with Crippen LogP contribution in [0.5, 0.6) is 0 Å². The lowest BCUT2D eigenvalue weighted by Crippen LogP contribution is -2.11. The normalized spacial score (nSPS) is 12.6. The smallest absolute Gasteiger partial charge is 0.120 e. The van der Waals surface area contributed by atoms with Gasteiger partial charge in [0.25, 0.3) is 0 Å². The van der Waals surface area contributed by atoms with Crippen LogP contribution in [0.3, 0.4) is 0 Å². The van der Waals surface area contributed by atoms with E-state index in [1.807, 2.05) is 0 Å². The van der Waals surface area contributed by atoms with Crippen LogP contribution in [0.1, 0.15) is 5.56 Å². The summed E-state index contributed by atoms with van der Waals surface area (Å²) in [7, 11) is 2.12. The zero-order chi connectivity index (χ0) is 20.1. The Bertz CT molecular complexity index is 1610. The first-order valence-corrected chi connectivity index (χ1v) is 10.3. The van der Waals surface area contributed by atoms with E-state index in [0.717, 1.165) is 29.5 Å². The highest BCUT2D eigenvalue weighted by Gasteiger charge is 2.12. The minimum Gasteiger partial charge on any atom is -0.361 e. The SMILES string of the molecule is Cn1c2ccccc2c(=NCCc2c[nH]c3ccccc23)c2c3ccccc3[nH]c21. The van der Waals surface area contributed by atoms with Gasteiger partial charge in [-0.15, -0.1) is 0 Å². The van der Waals surface area contributed by atoms with Crippen LogP contribution in [0.2, 0.25) is 0 Å². The maximum atomic E-state index is 5.16. The summed E-state index contributed by atoms with van der Waals surface area (Å²) in [5.41, 5.74) is 5.94. The molecule has 2 N–H and O–H groups in total. The number of para-hydroxylation sites is 3. The van der Waals surface area contributed by atoms with Crippen LogP contribution in [-0.4, -0.2) is 21.1 Å². The van der Waals surface area contributed by atoms with E-state index in [2.05, 4.69) is 101 Å². The van der Waals surface area contributed by atoms with E-state index in [1.54, 1.807) is 0 Å². The molecule has 0 aliphatic heterocycles. The van der Waals surface area contributed by atoms with Crippen molar-refractivity contribution in [2.24, 2.45) is 12.0 Å². The number of H-pyrrole nitrogens is 2. The first-order valence-electron chi connectivity index (χ1n) is 10.3.